The van der Waals surface area contributed by atoms with E-state index in [0.717, 1.165) is 12.1 Å². The highest BCUT2D eigenvalue weighted by molar-refractivity contribution is 8.14. The minimum atomic E-state index is -4.42. The van der Waals surface area contributed by atoms with Crippen LogP contribution in [-0.4, -0.2) is 22.7 Å². The van der Waals surface area contributed by atoms with Crippen molar-refractivity contribution in [3.63, 3.8) is 0 Å². The Bertz CT molecular complexity index is 967. The van der Waals surface area contributed by atoms with E-state index < -0.39 is 41.4 Å². The van der Waals surface area contributed by atoms with Gasteiger partial charge in [0.2, 0.25) is 5.91 Å². The first kappa shape index (κ1) is 22.3. The van der Waals surface area contributed by atoms with E-state index in [-0.39, 0.29) is 12.0 Å². The van der Waals surface area contributed by atoms with Crippen molar-refractivity contribution in [2.24, 2.45) is 4.99 Å². The number of aliphatic imine (C=N–C) groups is 1. The van der Waals surface area contributed by atoms with Gasteiger partial charge in [-0.1, -0.05) is 18.2 Å². The molecule has 0 spiro atoms. The van der Waals surface area contributed by atoms with E-state index in [1.807, 2.05) is 0 Å². The Labute approximate surface area is 174 Å². The molecule has 0 radical (unpaired) electrons. The molecule has 0 aromatic heterocycles. The molecule has 9 heteroatoms. The predicted molar refractivity (Wildman–Crippen MR) is 106 cm³/mol. The fourth-order valence-electron chi connectivity index (χ4n) is 2.99. The minimum Gasteiger partial charge on any atom is -0.348 e. The molecule has 3 rings (SSSR count). The normalized spacial score (nSPS) is 17.6. The van der Waals surface area contributed by atoms with Crippen molar-refractivity contribution in [3.8, 4) is 0 Å². The first-order chi connectivity index (χ1) is 14.0. The smallest absolute Gasteiger partial charge is 0.348 e. The molecule has 0 aliphatic carbocycles. The molecular formula is C21H19F5N2OS. The Kier molecular flexibility index (Phi) is 6.50. The predicted octanol–water partition coefficient (Wildman–Crippen LogP) is 5.23. The maximum atomic E-state index is 13.8. The van der Waals surface area contributed by atoms with E-state index >= 15 is 0 Å². The summed E-state index contributed by atoms with van der Waals surface area (Å²) in [4.78, 5) is 16.8. The average Bonchev–Trinajstić information content (AvgIpc) is 3.13. The highest BCUT2D eigenvalue weighted by atomic mass is 32.2. The van der Waals surface area contributed by atoms with E-state index in [0.29, 0.717) is 21.9 Å². The van der Waals surface area contributed by atoms with Crippen LogP contribution in [-0.2, 0) is 17.4 Å². The van der Waals surface area contributed by atoms with Crippen LogP contribution in [0.15, 0.2) is 41.4 Å². The molecule has 1 aliphatic heterocycles. The highest BCUT2D eigenvalue weighted by Gasteiger charge is 2.31. The number of amides is 1. The second kappa shape index (κ2) is 8.75. The SMILES string of the molecule is Cc1c(F)cc(C(C)NC(=O)C2CSC(Cc3cccc(C(F)(F)F)c3)=N2)cc1F. The monoisotopic (exact) mass is 442 g/mol. The van der Waals surface area contributed by atoms with Crippen LogP contribution in [0, 0.1) is 18.6 Å². The van der Waals surface area contributed by atoms with Gasteiger partial charge in [0, 0.05) is 17.7 Å². The lowest BCUT2D eigenvalue weighted by molar-refractivity contribution is -0.137. The second-order valence-corrected chi connectivity index (χ2v) is 8.16. The number of nitrogens with zero attached hydrogens (tertiary/aromatic N) is 1. The maximum absolute atomic E-state index is 13.8. The van der Waals surface area contributed by atoms with Crippen molar-refractivity contribution in [2.45, 2.75) is 38.5 Å². The zero-order valence-electron chi connectivity index (χ0n) is 16.2. The molecule has 1 heterocycles. The molecule has 1 amide bonds. The van der Waals surface area contributed by atoms with Crippen molar-refractivity contribution in [3.05, 3.63) is 70.3 Å². The molecule has 2 aromatic carbocycles. The van der Waals surface area contributed by atoms with Gasteiger partial charge in [0.15, 0.2) is 0 Å². The summed E-state index contributed by atoms with van der Waals surface area (Å²) in [6, 6.07) is 6.00. The van der Waals surface area contributed by atoms with Gasteiger partial charge in [-0.05, 0) is 43.2 Å². The van der Waals surface area contributed by atoms with E-state index in [1.54, 1.807) is 13.0 Å². The quantitative estimate of drug-likeness (QED) is 0.645. The lowest BCUT2D eigenvalue weighted by Gasteiger charge is -2.17. The fraction of sp³-hybridized carbons (Fsp3) is 0.333. The lowest BCUT2D eigenvalue weighted by Crippen LogP contribution is -2.35. The zero-order valence-corrected chi connectivity index (χ0v) is 17.0. The summed E-state index contributed by atoms with van der Waals surface area (Å²) in [7, 11) is 0. The summed E-state index contributed by atoms with van der Waals surface area (Å²) in [6.07, 6.45) is -4.23. The van der Waals surface area contributed by atoms with Gasteiger partial charge in [0.1, 0.15) is 17.7 Å². The van der Waals surface area contributed by atoms with Crippen LogP contribution < -0.4 is 5.32 Å². The van der Waals surface area contributed by atoms with Crippen molar-refractivity contribution >= 4 is 22.7 Å². The fourth-order valence-corrected chi connectivity index (χ4v) is 4.04. The molecule has 1 N–H and O–H groups in total. The van der Waals surface area contributed by atoms with Gasteiger partial charge in [-0.3, -0.25) is 9.79 Å². The van der Waals surface area contributed by atoms with E-state index in [2.05, 4.69) is 10.3 Å². The number of hydrogen-bond donors (Lipinski definition) is 1. The van der Waals surface area contributed by atoms with Gasteiger partial charge in [0.25, 0.3) is 0 Å². The average molecular weight is 442 g/mol. The molecule has 2 unspecified atom stereocenters. The molecule has 0 fully saturated rings. The molecular weight excluding hydrogens is 423 g/mol. The third-order valence-electron chi connectivity index (χ3n) is 4.78. The standard InChI is InChI=1S/C21H19F5N2OS/c1-11-16(22)8-14(9-17(11)23)12(2)27-20(29)18-10-30-19(28-18)7-13-4-3-5-15(6-13)21(24,25)26/h3-6,8-9,12,18H,7,10H2,1-2H3,(H,27,29). The molecule has 2 atom stereocenters. The van der Waals surface area contributed by atoms with Crippen molar-refractivity contribution in [1.29, 1.82) is 0 Å². The number of alkyl halides is 3. The van der Waals surface area contributed by atoms with E-state index in [4.69, 9.17) is 0 Å². The largest absolute Gasteiger partial charge is 0.416 e. The van der Waals surface area contributed by atoms with E-state index in [9.17, 15) is 26.7 Å². The van der Waals surface area contributed by atoms with E-state index in [1.165, 1.54) is 36.9 Å². The zero-order chi connectivity index (χ0) is 22.1. The lowest BCUT2D eigenvalue weighted by atomic mass is 10.0. The Balaban J connectivity index is 1.65. The Morgan fingerprint density at radius 2 is 1.90 bits per heavy atom. The summed E-state index contributed by atoms with van der Waals surface area (Å²) < 4.78 is 66.0. The van der Waals surface area contributed by atoms with Gasteiger partial charge >= 0.3 is 6.18 Å². The van der Waals surface area contributed by atoms with Crippen LogP contribution in [0.3, 0.4) is 0 Å². The molecule has 160 valence electrons. The van der Waals surface area contributed by atoms with Crippen molar-refractivity contribution in [1.82, 2.24) is 5.32 Å². The first-order valence-corrected chi connectivity index (χ1v) is 10.1. The number of halogens is 5. The molecule has 0 saturated heterocycles. The van der Waals surface area contributed by atoms with Gasteiger partial charge < -0.3 is 5.32 Å². The van der Waals surface area contributed by atoms with Gasteiger partial charge in [-0.25, -0.2) is 8.78 Å². The summed E-state index contributed by atoms with van der Waals surface area (Å²) in [5, 5.41) is 3.25. The molecule has 0 saturated carbocycles. The highest BCUT2D eigenvalue weighted by Crippen LogP contribution is 2.30. The Hall–Kier alpha value is -2.42. The third kappa shape index (κ3) is 5.19. The number of rotatable bonds is 5. The van der Waals surface area contributed by atoms with Crippen LogP contribution in [0.5, 0.6) is 0 Å². The first-order valence-electron chi connectivity index (χ1n) is 9.16. The van der Waals surface area contributed by atoms with Crippen LogP contribution >= 0.6 is 11.8 Å². The summed E-state index contributed by atoms with van der Waals surface area (Å²) in [6.45, 7) is 2.94. The van der Waals surface area contributed by atoms with Crippen LogP contribution in [0.25, 0.3) is 0 Å². The minimum absolute atomic E-state index is 0.0895. The number of hydrogen-bond acceptors (Lipinski definition) is 3. The molecule has 3 nitrogen and oxygen atoms in total. The molecule has 0 bridgehead atoms. The number of carbonyl (C=O) groups excluding carboxylic acids is 1. The molecule has 1 aliphatic rings. The topological polar surface area (TPSA) is 41.5 Å². The van der Waals surface area contributed by atoms with Crippen molar-refractivity contribution < 1.29 is 26.7 Å². The summed E-state index contributed by atoms with van der Waals surface area (Å²) in [5.74, 6) is -1.44. The summed E-state index contributed by atoms with van der Waals surface area (Å²) >= 11 is 1.30. The number of benzene rings is 2. The molecule has 2 aromatic rings. The van der Waals surface area contributed by atoms with Gasteiger partial charge in [-0.15, -0.1) is 11.8 Å². The third-order valence-corrected chi connectivity index (χ3v) is 5.85. The summed E-state index contributed by atoms with van der Waals surface area (Å²) in [5.41, 5.74) is -0.0727. The van der Waals surface area contributed by atoms with Crippen LogP contribution in [0.4, 0.5) is 22.0 Å². The van der Waals surface area contributed by atoms with Crippen LogP contribution in [0.1, 0.15) is 35.2 Å². The van der Waals surface area contributed by atoms with Gasteiger partial charge in [0.05, 0.1) is 16.6 Å². The number of thioether (sulfide) groups is 1. The maximum Gasteiger partial charge on any atom is 0.416 e. The number of nitrogens with one attached hydrogen (secondary N) is 1. The van der Waals surface area contributed by atoms with Gasteiger partial charge in [-0.2, -0.15) is 13.2 Å². The Morgan fingerprint density at radius 1 is 1.23 bits per heavy atom. The van der Waals surface area contributed by atoms with Crippen molar-refractivity contribution in [2.75, 3.05) is 5.75 Å². The molecule has 30 heavy (non-hydrogen) atoms. The van der Waals surface area contributed by atoms with Crippen LogP contribution in [0.2, 0.25) is 0 Å². The second-order valence-electron chi connectivity index (χ2n) is 7.06. The Morgan fingerprint density at radius 3 is 2.53 bits per heavy atom. The number of carbonyl (C=O) groups is 1.